The molecule has 0 aliphatic carbocycles. The lowest BCUT2D eigenvalue weighted by atomic mass is 10.1. The Morgan fingerprint density at radius 3 is 2.71 bits per heavy atom. The molecule has 1 aromatic heterocycles. The van der Waals surface area contributed by atoms with E-state index in [2.05, 4.69) is 9.72 Å². The van der Waals surface area contributed by atoms with Gasteiger partial charge in [0.1, 0.15) is 11.8 Å². The summed E-state index contributed by atoms with van der Waals surface area (Å²) in [5.41, 5.74) is 0.433. The summed E-state index contributed by atoms with van der Waals surface area (Å²) >= 11 is 0. The van der Waals surface area contributed by atoms with Crippen LogP contribution in [0.4, 0.5) is 0 Å². The monoisotopic (exact) mass is 239 g/mol. The second kappa shape index (κ2) is 6.07. The third-order valence-corrected chi connectivity index (χ3v) is 2.10. The summed E-state index contributed by atoms with van der Waals surface area (Å²) in [5, 5.41) is 19.1. The van der Waals surface area contributed by atoms with Gasteiger partial charge >= 0.3 is 5.97 Å². The summed E-state index contributed by atoms with van der Waals surface area (Å²) in [5.74, 6) is -0.903. The minimum absolute atomic E-state index is 0.116. The largest absolute Gasteiger partial charge is 0.464 e. The molecule has 0 radical (unpaired) electrons. The molecule has 0 aliphatic rings. The molecule has 0 spiro atoms. The number of esters is 1. The fourth-order valence-electron chi connectivity index (χ4n) is 1.20. The number of aromatic nitrogens is 1. The molecule has 0 amide bonds. The van der Waals surface area contributed by atoms with Crippen LogP contribution in [0.25, 0.3) is 0 Å². The molecule has 2 atom stereocenters. The quantitative estimate of drug-likeness (QED) is 0.548. The number of aldehydes is 1. The highest BCUT2D eigenvalue weighted by molar-refractivity contribution is 5.75. The van der Waals surface area contributed by atoms with Crippen LogP contribution in [0.3, 0.4) is 0 Å². The zero-order chi connectivity index (χ0) is 12.8. The number of carbonyl (C=O) groups excluding carboxylic acids is 2. The van der Waals surface area contributed by atoms with Gasteiger partial charge in [-0.2, -0.15) is 0 Å². The average Bonchev–Trinajstić information content (AvgIpc) is 2.37. The predicted octanol–water partition coefficient (Wildman–Crippen LogP) is -0.148. The van der Waals surface area contributed by atoms with Crippen molar-refractivity contribution in [3.63, 3.8) is 0 Å². The first-order chi connectivity index (χ1) is 8.10. The van der Waals surface area contributed by atoms with Gasteiger partial charge < -0.3 is 14.9 Å². The maximum absolute atomic E-state index is 11.2. The Morgan fingerprint density at radius 1 is 1.53 bits per heavy atom. The van der Waals surface area contributed by atoms with Crippen molar-refractivity contribution in [3.05, 3.63) is 29.6 Å². The number of nitrogens with zero attached hydrogens (tertiary/aromatic N) is 1. The SMILES string of the molecule is CCOC(=O)C(O)C(O)c1ccc(C=O)nc1. The van der Waals surface area contributed by atoms with Gasteiger partial charge in [-0.25, -0.2) is 4.79 Å². The predicted molar refractivity (Wildman–Crippen MR) is 57.2 cm³/mol. The van der Waals surface area contributed by atoms with E-state index in [1.54, 1.807) is 6.92 Å². The van der Waals surface area contributed by atoms with E-state index in [4.69, 9.17) is 0 Å². The van der Waals surface area contributed by atoms with Crippen LogP contribution in [0.5, 0.6) is 0 Å². The van der Waals surface area contributed by atoms with Gasteiger partial charge in [0.05, 0.1) is 6.61 Å². The van der Waals surface area contributed by atoms with E-state index in [0.29, 0.717) is 6.29 Å². The molecule has 6 nitrogen and oxygen atoms in total. The van der Waals surface area contributed by atoms with E-state index in [-0.39, 0.29) is 17.9 Å². The molecule has 1 heterocycles. The van der Waals surface area contributed by atoms with Gasteiger partial charge in [0.25, 0.3) is 0 Å². The third-order valence-electron chi connectivity index (χ3n) is 2.10. The van der Waals surface area contributed by atoms with Gasteiger partial charge in [0.15, 0.2) is 12.4 Å². The summed E-state index contributed by atoms with van der Waals surface area (Å²) in [6.45, 7) is 1.71. The molecule has 1 aromatic rings. The van der Waals surface area contributed by atoms with Gasteiger partial charge in [-0.3, -0.25) is 9.78 Å². The molecule has 6 heteroatoms. The first-order valence-electron chi connectivity index (χ1n) is 5.04. The molecule has 0 bridgehead atoms. The lowest BCUT2D eigenvalue weighted by Crippen LogP contribution is -2.30. The normalized spacial score (nSPS) is 13.8. The Bertz CT molecular complexity index is 389. The van der Waals surface area contributed by atoms with Gasteiger partial charge in [0, 0.05) is 11.8 Å². The highest BCUT2D eigenvalue weighted by atomic mass is 16.5. The molecule has 92 valence electrons. The number of rotatable bonds is 5. The van der Waals surface area contributed by atoms with Crippen LogP contribution in [0.1, 0.15) is 29.1 Å². The second-order valence-electron chi connectivity index (χ2n) is 3.28. The average molecular weight is 239 g/mol. The molecule has 1 rings (SSSR count). The van der Waals surface area contributed by atoms with E-state index < -0.39 is 18.2 Å². The van der Waals surface area contributed by atoms with Gasteiger partial charge in [-0.05, 0) is 13.0 Å². The Balaban J connectivity index is 2.77. The lowest BCUT2D eigenvalue weighted by Gasteiger charge is -2.16. The van der Waals surface area contributed by atoms with Crippen molar-refractivity contribution in [1.82, 2.24) is 4.98 Å². The highest BCUT2D eigenvalue weighted by Gasteiger charge is 2.27. The van der Waals surface area contributed by atoms with Crippen molar-refractivity contribution in [1.29, 1.82) is 0 Å². The van der Waals surface area contributed by atoms with Crippen LogP contribution in [0, 0.1) is 0 Å². The molecule has 0 saturated carbocycles. The molecule has 17 heavy (non-hydrogen) atoms. The first-order valence-corrected chi connectivity index (χ1v) is 5.04. The Morgan fingerprint density at radius 2 is 2.24 bits per heavy atom. The fourth-order valence-corrected chi connectivity index (χ4v) is 1.20. The fraction of sp³-hybridized carbons (Fsp3) is 0.364. The zero-order valence-corrected chi connectivity index (χ0v) is 9.24. The molecule has 0 saturated heterocycles. The van der Waals surface area contributed by atoms with E-state index in [1.165, 1.54) is 18.3 Å². The van der Waals surface area contributed by atoms with Crippen LogP contribution in [0.15, 0.2) is 18.3 Å². The van der Waals surface area contributed by atoms with Crippen LogP contribution < -0.4 is 0 Å². The molecule has 0 aromatic carbocycles. The van der Waals surface area contributed by atoms with Gasteiger partial charge in [-0.1, -0.05) is 6.07 Å². The van der Waals surface area contributed by atoms with Crippen LogP contribution >= 0.6 is 0 Å². The van der Waals surface area contributed by atoms with Crippen LogP contribution in [0.2, 0.25) is 0 Å². The van der Waals surface area contributed by atoms with Crippen molar-refractivity contribution in [2.24, 2.45) is 0 Å². The van der Waals surface area contributed by atoms with E-state index in [0.717, 1.165) is 0 Å². The Kier molecular flexibility index (Phi) is 4.74. The van der Waals surface area contributed by atoms with Crippen molar-refractivity contribution in [2.45, 2.75) is 19.1 Å². The number of carbonyl (C=O) groups is 2. The number of hydrogen-bond donors (Lipinski definition) is 2. The molecular weight excluding hydrogens is 226 g/mol. The van der Waals surface area contributed by atoms with Gasteiger partial charge in [0.2, 0.25) is 0 Å². The first kappa shape index (κ1) is 13.3. The topological polar surface area (TPSA) is 96.7 Å². The number of aliphatic hydroxyl groups is 2. The van der Waals surface area contributed by atoms with Crippen molar-refractivity contribution in [3.8, 4) is 0 Å². The molecular formula is C11H13NO5. The summed E-state index contributed by atoms with van der Waals surface area (Å²) in [6.07, 6.45) is -1.32. The molecule has 2 unspecified atom stereocenters. The minimum Gasteiger partial charge on any atom is -0.464 e. The second-order valence-corrected chi connectivity index (χ2v) is 3.28. The van der Waals surface area contributed by atoms with Crippen molar-refractivity contribution < 1.29 is 24.5 Å². The minimum atomic E-state index is -1.67. The summed E-state index contributed by atoms with van der Waals surface area (Å²) in [7, 11) is 0. The standard InChI is InChI=1S/C11H13NO5/c1-2-17-11(16)10(15)9(14)7-3-4-8(6-13)12-5-7/h3-6,9-10,14-15H,2H2,1H3. The highest BCUT2D eigenvalue weighted by Crippen LogP contribution is 2.16. The number of pyridine rings is 1. The van der Waals surface area contributed by atoms with Gasteiger partial charge in [-0.15, -0.1) is 0 Å². The van der Waals surface area contributed by atoms with E-state index >= 15 is 0 Å². The number of ether oxygens (including phenoxy) is 1. The van der Waals surface area contributed by atoms with Crippen LogP contribution in [-0.4, -0.2) is 40.2 Å². The Labute approximate surface area is 97.9 Å². The van der Waals surface area contributed by atoms with Crippen molar-refractivity contribution in [2.75, 3.05) is 6.61 Å². The van der Waals surface area contributed by atoms with E-state index in [1.807, 2.05) is 0 Å². The Hall–Kier alpha value is -1.79. The maximum Gasteiger partial charge on any atom is 0.338 e. The van der Waals surface area contributed by atoms with Crippen molar-refractivity contribution >= 4 is 12.3 Å². The number of aliphatic hydroxyl groups excluding tert-OH is 2. The van der Waals surface area contributed by atoms with E-state index in [9.17, 15) is 19.8 Å². The summed E-state index contributed by atoms with van der Waals surface area (Å²) < 4.78 is 4.57. The van der Waals surface area contributed by atoms with Crippen LogP contribution in [-0.2, 0) is 9.53 Å². The molecule has 2 N–H and O–H groups in total. The smallest absolute Gasteiger partial charge is 0.338 e. The maximum atomic E-state index is 11.2. The molecule has 0 aliphatic heterocycles. The lowest BCUT2D eigenvalue weighted by molar-refractivity contribution is -0.159. The molecule has 0 fully saturated rings. The summed E-state index contributed by atoms with van der Waals surface area (Å²) in [4.78, 5) is 25.3. The number of hydrogen-bond acceptors (Lipinski definition) is 6. The zero-order valence-electron chi connectivity index (χ0n) is 9.24. The summed E-state index contributed by atoms with van der Waals surface area (Å²) in [6, 6.07) is 2.78. The third kappa shape index (κ3) is 3.33.